The highest BCUT2D eigenvalue weighted by atomic mass is 35.5. The monoisotopic (exact) mass is 242 g/mol. The lowest BCUT2D eigenvalue weighted by Gasteiger charge is -2.17. The molecule has 1 aromatic rings. The van der Waals surface area contributed by atoms with E-state index < -0.39 is 0 Å². The molecule has 1 atom stereocenters. The van der Waals surface area contributed by atoms with Crippen molar-refractivity contribution in [1.82, 2.24) is 10.6 Å². The summed E-state index contributed by atoms with van der Waals surface area (Å²) in [4.78, 5) is 0. The Bertz CT molecular complexity index is 341. The lowest BCUT2D eigenvalue weighted by Crippen LogP contribution is -2.36. The van der Waals surface area contributed by atoms with E-state index in [-0.39, 0.29) is 6.04 Å². The summed E-state index contributed by atoms with van der Waals surface area (Å²) in [5.74, 6) is 0. The Morgan fingerprint density at radius 1 is 1.47 bits per heavy atom. The topological polar surface area (TPSA) is 24.1 Å². The molecule has 0 aliphatic rings. The van der Waals surface area contributed by atoms with Crippen molar-refractivity contribution in [2.24, 2.45) is 0 Å². The van der Waals surface area contributed by atoms with Crippen molar-refractivity contribution in [2.45, 2.75) is 19.9 Å². The largest absolute Gasteiger partial charge is 0.363 e. The predicted octanol–water partition coefficient (Wildman–Crippen LogP) is 2.89. The molecule has 82 valence electrons. The smallest absolute Gasteiger partial charge is 0.166 e. The van der Waals surface area contributed by atoms with Crippen LogP contribution in [0.15, 0.2) is 24.3 Å². The second-order valence-electron chi connectivity index (χ2n) is 3.25. The Balaban J connectivity index is 2.65. The van der Waals surface area contributed by atoms with E-state index in [1.807, 2.05) is 38.1 Å². The first-order valence-corrected chi connectivity index (χ1v) is 5.72. The summed E-state index contributed by atoms with van der Waals surface area (Å²) in [5.41, 5.74) is 1.06. The lowest BCUT2D eigenvalue weighted by atomic mass is 10.1. The van der Waals surface area contributed by atoms with Crippen LogP contribution < -0.4 is 10.6 Å². The van der Waals surface area contributed by atoms with Gasteiger partial charge in [-0.25, -0.2) is 0 Å². The van der Waals surface area contributed by atoms with Crippen LogP contribution in [0.2, 0.25) is 5.02 Å². The summed E-state index contributed by atoms with van der Waals surface area (Å²) >= 11 is 11.2. The summed E-state index contributed by atoms with van der Waals surface area (Å²) in [5, 5.41) is 7.63. The van der Waals surface area contributed by atoms with E-state index in [0.717, 1.165) is 17.1 Å². The third-order valence-corrected chi connectivity index (χ3v) is 2.66. The molecule has 0 saturated carbocycles. The Labute approximate surface area is 101 Å². The van der Waals surface area contributed by atoms with Crippen LogP contribution in [0.5, 0.6) is 0 Å². The van der Waals surface area contributed by atoms with Crippen LogP contribution in [0.25, 0.3) is 0 Å². The summed E-state index contributed by atoms with van der Waals surface area (Å²) in [6, 6.07) is 7.88. The molecule has 0 heterocycles. The van der Waals surface area contributed by atoms with Crippen molar-refractivity contribution in [3.05, 3.63) is 34.9 Å². The van der Waals surface area contributed by atoms with Crippen LogP contribution in [-0.2, 0) is 0 Å². The highest BCUT2D eigenvalue weighted by molar-refractivity contribution is 7.80. The number of nitrogens with one attached hydrogen (secondary N) is 2. The molecule has 4 heteroatoms. The fourth-order valence-electron chi connectivity index (χ4n) is 1.31. The van der Waals surface area contributed by atoms with Gasteiger partial charge in [0, 0.05) is 11.6 Å². The summed E-state index contributed by atoms with van der Waals surface area (Å²) < 4.78 is 0. The molecule has 1 aromatic carbocycles. The van der Waals surface area contributed by atoms with E-state index in [0.29, 0.717) is 5.11 Å². The normalized spacial score (nSPS) is 11.9. The molecule has 1 rings (SSSR count). The molecule has 0 aliphatic carbocycles. The molecule has 0 radical (unpaired) electrons. The minimum atomic E-state index is 0.116. The molecule has 0 fully saturated rings. The second kappa shape index (κ2) is 5.93. The molecule has 15 heavy (non-hydrogen) atoms. The zero-order chi connectivity index (χ0) is 11.3. The van der Waals surface area contributed by atoms with Gasteiger partial charge in [-0.2, -0.15) is 0 Å². The lowest BCUT2D eigenvalue weighted by molar-refractivity contribution is 0.702. The van der Waals surface area contributed by atoms with Crippen LogP contribution in [-0.4, -0.2) is 11.7 Å². The summed E-state index contributed by atoms with van der Waals surface area (Å²) in [7, 11) is 0. The Morgan fingerprint density at radius 3 is 2.73 bits per heavy atom. The number of hydrogen-bond donors (Lipinski definition) is 2. The SMILES string of the molecule is CCNC(=S)N[C@@H](C)c1ccccc1Cl. The molecule has 2 nitrogen and oxygen atoms in total. The first-order valence-electron chi connectivity index (χ1n) is 4.94. The highest BCUT2D eigenvalue weighted by Crippen LogP contribution is 2.21. The molecule has 0 spiro atoms. The van der Waals surface area contributed by atoms with Gasteiger partial charge < -0.3 is 10.6 Å². The molecular weight excluding hydrogens is 228 g/mol. The number of thiocarbonyl (C=S) groups is 1. The zero-order valence-electron chi connectivity index (χ0n) is 8.88. The van der Waals surface area contributed by atoms with Gasteiger partial charge in [-0.15, -0.1) is 0 Å². The Morgan fingerprint density at radius 2 is 2.13 bits per heavy atom. The maximum Gasteiger partial charge on any atom is 0.166 e. The molecule has 0 bridgehead atoms. The fourth-order valence-corrected chi connectivity index (χ4v) is 1.93. The van der Waals surface area contributed by atoms with Crippen molar-refractivity contribution in [3.63, 3.8) is 0 Å². The van der Waals surface area contributed by atoms with Gasteiger partial charge in [0.05, 0.1) is 6.04 Å². The van der Waals surface area contributed by atoms with E-state index in [2.05, 4.69) is 10.6 Å². The summed E-state index contributed by atoms with van der Waals surface area (Å²) in [6.45, 7) is 4.86. The quantitative estimate of drug-likeness (QED) is 0.798. The van der Waals surface area contributed by atoms with Gasteiger partial charge in [-0.1, -0.05) is 29.8 Å². The highest BCUT2D eigenvalue weighted by Gasteiger charge is 2.09. The van der Waals surface area contributed by atoms with Gasteiger partial charge in [0.1, 0.15) is 0 Å². The Kier molecular flexibility index (Phi) is 4.85. The van der Waals surface area contributed by atoms with E-state index in [1.54, 1.807) is 0 Å². The van der Waals surface area contributed by atoms with Gasteiger partial charge in [-0.05, 0) is 37.7 Å². The molecule has 0 aromatic heterocycles. The first kappa shape index (κ1) is 12.3. The minimum absolute atomic E-state index is 0.116. The molecule has 0 aliphatic heterocycles. The van der Waals surface area contributed by atoms with E-state index in [9.17, 15) is 0 Å². The first-order chi connectivity index (χ1) is 7.15. The standard InChI is InChI=1S/C11H15ClN2S/c1-3-13-11(15)14-8(2)9-6-4-5-7-10(9)12/h4-8H,3H2,1-2H3,(H2,13,14,15)/t8-/m0/s1. The van der Waals surface area contributed by atoms with Crippen molar-refractivity contribution in [1.29, 1.82) is 0 Å². The maximum absolute atomic E-state index is 6.08. The second-order valence-corrected chi connectivity index (χ2v) is 4.06. The van der Waals surface area contributed by atoms with Crippen LogP contribution in [0, 0.1) is 0 Å². The molecule has 0 unspecified atom stereocenters. The third-order valence-electron chi connectivity index (χ3n) is 2.06. The van der Waals surface area contributed by atoms with E-state index in [1.165, 1.54) is 0 Å². The van der Waals surface area contributed by atoms with Gasteiger partial charge >= 0.3 is 0 Å². The average molecular weight is 243 g/mol. The van der Waals surface area contributed by atoms with Gasteiger partial charge in [0.25, 0.3) is 0 Å². The van der Waals surface area contributed by atoms with Crippen molar-refractivity contribution in [3.8, 4) is 0 Å². The van der Waals surface area contributed by atoms with Gasteiger partial charge in [0.2, 0.25) is 0 Å². The number of hydrogen-bond acceptors (Lipinski definition) is 1. The van der Waals surface area contributed by atoms with Crippen LogP contribution >= 0.6 is 23.8 Å². The van der Waals surface area contributed by atoms with Crippen LogP contribution in [0.4, 0.5) is 0 Å². The van der Waals surface area contributed by atoms with Crippen LogP contribution in [0.1, 0.15) is 25.5 Å². The molecular formula is C11H15ClN2S. The fraction of sp³-hybridized carbons (Fsp3) is 0.364. The average Bonchev–Trinajstić information content (AvgIpc) is 2.18. The Hall–Kier alpha value is -0.800. The van der Waals surface area contributed by atoms with E-state index in [4.69, 9.17) is 23.8 Å². The van der Waals surface area contributed by atoms with Crippen molar-refractivity contribution in [2.75, 3.05) is 6.54 Å². The zero-order valence-corrected chi connectivity index (χ0v) is 10.5. The van der Waals surface area contributed by atoms with E-state index >= 15 is 0 Å². The van der Waals surface area contributed by atoms with Crippen LogP contribution in [0.3, 0.4) is 0 Å². The van der Waals surface area contributed by atoms with Crippen molar-refractivity contribution < 1.29 is 0 Å². The number of rotatable bonds is 3. The molecule has 0 saturated heterocycles. The number of benzene rings is 1. The minimum Gasteiger partial charge on any atom is -0.363 e. The third kappa shape index (κ3) is 3.68. The maximum atomic E-state index is 6.08. The molecule has 0 amide bonds. The molecule has 2 N–H and O–H groups in total. The van der Waals surface area contributed by atoms with Gasteiger partial charge in [-0.3, -0.25) is 0 Å². The van der Waals surface area contributed by atoms with Gasteiger partial charge in [0.15, 0.2) is 5.11 Å². The summed E-state index contributed by atoms with van der Waals surface area (Å²) in [6.07, 6.45) is 0. The number of halogens is 1. The van der Waals surface area contributed by atoms with Crippen molar-refractivity contribution >= 4 is 28.9 Å². The predicted molar refractivity (Wildman–Crippen MR) is 69.3 cm³/mol.